The van der Waals surface area contributed by atoms with E-state index in [9.17, 15) is 9.59 Å². The second kappa shape index (κ2) is 5.84. The Morgan fingerprint density at radius 1 is 1.41 bits per heavy atom. The summed E-state index contributed by atoms with van der Waals surface area (Å²) in [4.78, 5) is 28.0. The molecule has 1 atom stereocenters. The van der Waals surface area contributed by atoms with Crippen molar-refractivity contribution in [3.05, 3.63) is 41.5 Å². The summed E-state index contributed by atoms with van der Waals surface area (Å²) in [5, 5.41) is 14.7. The van der Waals surface area contributed by atoms with Crippen LogP contribution in [0.15, 0.2) is 24.3 Å². The summed E-state index contributed by atoms with van der Waals surface area (Å²) in [7, 11) is 0. The summed E-state index contributed by atoms with van der Waals surface area (Å²) >= 11 is 0. The number of benzene rings is 1. The number of rotatable bonds is 3. The van der Waals surface area contributed by atoms with E-state index in [-0.39, 0.29) is 12.5 Å². The van der Waals surface area contributed by atoms with Crippen molar-refractivity contribution in [3.63, 3.8) is 0 Å². The van der Waals surface area contributed by atoms with Gasteiger partial charge < -0.3 is 16.0 Å². The minimum Gasteiger partial charge on any atom is -0.331 e. The van der Waals surface area contributed by atoms with Crippen LogP contribution in [0.25, 0.3) is 0 Å². The van der Waals surface area contributed by atoms with Crippen LogP contribution in [0.4, 0.5) is 10.5 Å². The number of fused-ring (bicyclic) bond motifs is 1. The molecule has 0 saturated heterocycles. The average Bonchev–Trinajstić information content (AvgIpc) is 2.91. The first-order valence-electron chi connectivity index (χ1n) is 6.93. The van der Waals surface area contributed by atoms with Gasteiger partial charge >= 0.3 is 6.03 Å². The van der Waals surface area contributed by atoms with E-state index in [1.165, 1.54) is 0 Å². The van der Waals surface area contributed by atoms with Gasteiger partial charge in [0, 0.05) is 12.1 Å². The second-order valence-electron chi connectivity index (χ2n) is 5.07. The average molecular weight is 300 g/mol. The number of carbonyl (C=O) groups excluding carboxylic acids is 2. The standard InChI is InChI=1S/C14H16N6O2/c1-8-16-12(20-19-8)7-15-14(22)18-11-6-9-4-2-3-5-10(9)17-13(11)21/h2-5,11H,6-7H2,1H3,(H,17,21)(H2,15,18,22)(H,16,19,20). The largest absolute Gasteiger partial charge is 0.331 e. The normalized spacial score (nSPS) is 16.6. The molecule has 1 aliphatic rings. The maximum absolute atomic E-state index is 12.0. The zero-order chi connectivity index (χ0) is 15.5. The summed E-state index contributed by atoms with van der Waals surface area (Å²) < 4.78 is 0. The van der Waals surface area contributed by atoms with Gasteiger partial charge in [-0.2, -0.15) is 5.10 Å². The number of hydrogen-bond acceptors (Lipinski definition) is 4. The molecule has 2 aromatic rings. The van der Waals surface area contributed by atoms with Gasteiger partial charge in [0.2, 0.25) is 5.91 Å². The Morgan fingerprint density at radius 2 is 2.23 bits per heavy atom. The molecule has 8 heteroatoms. The molecule has 0 fully saturated rings. The monoisotopic (exact) mass is 300 g/mol. The third kappa shape index (κ3) is 3.05. The molecule has 0 bridgehead atoms. The highest BCUT2D eigenvalue weighted by molar-refractivity contribution is 5.99. The number of nitrogens with one attached hydrogen (secondary N) is 4. The first kappa shape index (κ1) is 14.1. The Balaban J connectivity index is 1.56. The molecular formula is C14H16N6O2. The Labute approximate surface area is 126 Å². The van der Waals surface area contributed by atoms with Crippen LogP contribution >= 0.6 is 0 Å². The number of nitrogens with zero attached hydrogens (tertiary/aromatic N) is 2. The van der Waals surface area contributed by atoms with Crippen LogP contribution in [0.3, 0.4) is 0 Å². The molecule has 1 aromatic heterocycles. The Morgan fingerprint density at radius 3 is 3.00 bits per heavy atom. The van der Waals surface area contributed by atoms with Crippen LogP contribution in [0.2, 0.25) is 0 Å². The highest BCUT2D eigenvalue weighted by Crippen LogP contribution is 2.21. The van der Waals surface area contributed by atoms with Gasteiger partial charge in [-0.25, -0.2) is 9.78 Å². The molecule has 0 aliphatic carbocycles. The zero-order valence-corrected chi connectivity index (χ0v) is 12.0. The summed E-state index contributed by atoms with van der Waals surface area (Å²) in [6, 6.07) is 6.51. The lowest BCUT2D eigenvalue weighted by atomic mass is 9.99. The van der Waals surface area contributed by atoms with Crippen LogP contribution < -0.4 is 16.0 Å². The Hall–Kier alpha value is -2.90. The Kier molecular flexibility index (Phi) is 3.73. The number of anilines is 1. The smallest absolute Gasteiger partial charge is 0.315 e. The summed E-state index contributed by atoms with van der Waals surface area (Å²) in [5.41, 5.74) is 1.79. The van der Waals surface area contributed by atoms with E-state index in [1.807, 2.05) is 24.3 Å². The van der Waals surface area contributed by atoms with Gasteiger partial charge in [-0.15, -0.1) is 0 Å². The van der Waals surface area contributed by atoms with Gasteiger partial charge in [-0.3, -0.25) is 9.89 Å². The van der Waals surface area contributed by atoms with Crippen LogP contribution in [0, 0.1) is 6.92 Å². The van der Waals surface area contributed by atoms with E-state index < -0.39 is 12.1 Å². The van der Waals surface area contributed by atoms with Crippen LogP contribution in [0.1, 0.15) is 17.2 Å². The first-order valence-corrected chi connectivity index (χ1v) is 6.93. The number of H-pyrrole nitrogens is 1. The number of para-hydroxylation sites is 1. The van der Waals surface area contributed by atoms with Crippen molar-refractivity contribution < 1.29 is 9.59 Å². The highest BCUT2D eigenvalue weighted by Gasteiger charge is 2.27. The van der Waals surface area contributed by atoms with E-state index >= 15 is 0 Å². The topological polar surface area (TPSA) is 112 Å². The van der Waals surface area contributed by atoms with Gasteiger partial charge in [0.1, 0.15) is 11.9 Å². The molecule has 4 N–H and O–H groups in total. The molecule has 1 aromatic carbocycles. The van der Waals surface area contributed by atoms with Gasteiger partial charge in [0.05, 0.1) is 6.54 Å². The van der Waals surface area contributed by atoms with Crippen molar-refractivity contribution in [1.29, 1.82) is 0 Å². The predicted octanol–water partition coefficient (Wildman–Crippen LogP) is 0.476. The number of aromatic amines is 1. The van der Waals surface area contributed by atoms with Gasteiger partial charge in [0.25, 0.3) is 0 Å². The molecule has 2 heterocycles. The molecule has 8 nitrogen and oxygen atoms in total. The van der Waals surface area contributed by atoms with E-state index in [2.05, 4.69) is 31.1 Å². The van der Waals surface area contributed by atoms with Crippen molar-refractivity contribution in [2.75, 3.05) is 5.32 Å². The fourth-order valence-corrected chi connectivity index (χ4v) is 2.31. The fraction of sp³-hybridized carbons (Fsp3) is 0.286. The maximum Gasteiger partial charge on any atom is 0.315 e. The summed E-state index contributed by atoms with van der Waals surface area (Å²) in [6.45, 7) is 1.97. The quantitative estimate of drug-likeness (QED) is 0.660. The number of aryl methyl sites for hydroxylation is 1. The highest BCUT2D eigenvalue weighted by atomic mass is 16.2. The van der Waals surface area contributed by atoms with Crippen molar-refractivity contribution in [2.45, 2.75) is 25.9 Å². The van der Waals surface area contributed by atoms with Gasteiger partial charge in [-0.1, -0.05) is 18.2 Å². The van der Waals surface area contributed by atoms with Crippen molar-refractivity contribution in [3.8, 4) is 0 Å². The summed E-state index contributed by atoms with van der Waals surface area (Å²) in [5.74, 6) is 0.953. The van der Waals surface area contributed by atoms with E-state index in [0.717, 1.165) is 11.3 Å². The molecule has 114 valence electrons. The van der Waals surface area contributed by atoms with Gasteiger partial charge in [-0.05, 0) is 18.6 Å². The molecule has 22 heavy (non-hydrogen) atoms. The molecule has 1 unspecified atom stereocenters. The van der Waals surface area contributed by atoms with Crippen molar-refractivity contribution in [1.82, 2.24) is 25.8 Å². The maximum atomic E-state index is 12.0. The lowest BCUT2D eigenvalue weighted by Gasteiger charge is -2.25. The third-order valence-corrected chi connectivity index (χ3v) is 3.37. The lowest BCUT2D eigenvalue weighted by molar-refractivity contribution is -0.118. The van der Waals surface area contributed by atoms with Crippen molar-refractivity contribution in [2.24, 2.45) is 0 Å². The predicted molar refractivity (Wildman–Crippen MR) is 79.1 cm³/mol. The van der Waals surface area contributed by atoms with E-state index in [0.29, 0.717) is 18.1 Å². The van der Waals surface area contributed by atoms with Crippen LogP contribution in [-0.2, 0) is 17.8 Å². The number of amides is 3. The molecule has 0 saturated carbocycles. The number of hydrogen-bond donors (Lipinski definition) is 4. The van der Waals surface area contributed by atoms with Crippen LogP contribution in [-0.4, -0.2) is 33.2 Å². The molecule has 3 rings (SSSR count). The molecule has 3 amide bonds. The second-order valence-corrected chi connectivity index (χ2v) is 5.07. The van der Waals surface area contributed by atoms with Crippen molar-refractivity contribution >= 4 is 17.6 Å². The Bertz CT molecular complexity index is 711. The lowest BCUT2D eigenvalue weighted by Crippen LogP contribution is -2.50. The molecular weight excluding hydrogens is 284 g/mol. The summed E-state index contributed by atoms with van der Waals surface area (Å²) in [6.07, 6.45) is 0.467. The van der Waals surface area contributed by atoms with E-state index in [1.54, 1.807) is 6.92 Å². The fourth-order valence-electron chi connectivity index (χ4n) is 2.31. The third-order valence-electron chi connectivity index (χ3n) is 3.37. The minimum absolute atomic E-state index is 0.196. The van der Waals surface area contributed by atoms with Crippen LogP contribution in [0.5, 0.6) is 0 Å². The number of carbonyl (C=O) groups is 2. The molecule has 0 radical (unpaired) electrons. The molecule has 1 aliphatic heterocycles. The zero-order valence-electron chi connectivity index (χ0n) is 12.0. The minimum atomic E-state index is -0.594. The molecule has 0 spiro atoms. The SMILES string of the molecule is Cc1nc(CNC(=O)NC2Cc3ccccc3NC2=O)n[nH]1. The van der Waals surface area contributed by atoms with Gasteiger partial charge in [0.15, 0.2) is 5.82 Å². The number of aromatic nitrogens is 3. The van der Waals surface area contributed by atoms with E-state index in [4.69, 9.17) is 0 Å². The first-order chi connectivity index (χ1) is 10.6. The number of urea groups is 1.